The molecule has 0 spiro atoms. The molecule has 0 amide bonds. The van der Waals surface area contributed by atoms with Crippen LogP contribution in [0.2, 0.25) is 0 Å². The van der Waals surface area contributed by atoms with Crippen LogP contribution in [-0.2, 0) is 5.60 Å². The molecule has 3 rings (SSSR count). The standard InChI is InChI=1S/C13H13BrFN3O2/c14-10-2-1-8(15)7-9(10)11-17-12(20-18-11)13(19)3-5-16-6-4-13/h1-2,7,16,19H,3-6H2. The first-order valence-corrected chi connectivity index (χ1v) is 7.10. The van der Waals surface area contributed by atoms with Gasteiger partial charge in [0.25, 0.3) is 5.89 Å². The van der Waals surface area contributed by atoms with Crippen LogP contribution in [0.5, 0.6) is 0 Å². The lowest BCUT2D eigenvalue weighted by Crippen LogP contribution is -2.39. The van der Waals surface area contributed by atoms with Crippen molar-refractivity contribution < 1.29 is 14.0 Å². The van der Waals surface area contributed by atoms with Gasteiger partial charge in [-0.05, 0) is 44.1 Å². The number of nitrogens with zero attached hydrogens (tertiary/aromatic N) is 2. The van der Waals surface area contributed by atoms with Gasteiger partial charge in [-0.3, -0.25) is 0 Å². The average molecular weight is 342 g/mol. The topological polar surface area (TPSA) is 71.2 Å². The van der Waals surface area contributed by atoms with E-state index in [2.05, 4.69) is 31.4 Å². The molecule has 0 aliphatic carbocycles. The van der Waals surface area contributed by atoms with Crippen molar-refractivity contribution in [1.82, 2.24) is 15.5 Å². The molecule has 2 aromatic rings. The molecule has 0 bridgehead atoms. The van der Waals surface area contributed by atoms with Crippen LogP contribution in [0.4, 0.5) is 4.39 Å². The Morgan fingerprint density at radius 1 is 1.35 bits per heavy atom. The van der Waals surface area contributed by atoms with Gasteiger partial charge in [0.05, 0.1) is 0 Å². The minimum atomic E-state index is -1.10. The molecule has 1 aliphatic heterocycles. The molecule has 2 N–H and O–H groups in total. The van der Waals surface area contributed by atoms with Crippen molar-refractivity contribution in [3.05, 3.63) is 34.4 Å². The molecule has 7 heteroatoms. The zero-order valence-electron chi connectivity index (χ0n) is 10.6. The third-order valence-electron chi connectivity index (χ3n) is 3.42. The van der Waals surface area contributed by atoms with Crippen molar-refractivity contribution in [3.8, 4) is 11.4 Å². The third-order valence-corrected chi connectivity index (χ3v) is 4.12. The molecule has 0 saturated carbocycles. The fraction of sp³-hybridized carbons (Fsp3) is 0.385. The highest BCUT2D eigenvalue weighted by Gasteiger charge is 2.37. The summed E-state index contributed by atoms with van der Waals surface area (Å²) in [5.74, 6) is 0.0682. The molecule has 1 aliphatic rings. The van der Waals surface area contributed by atoms with Crippen LogP contribution in [0.3, 0.4) is 0 Å². The van der Waals surface area contributed by atoms with E-state index < -0.39 is 5.60 Å². The summed E-state index contributed by atoms with van der Waals surface area (Å²) in [6.07, 6.45) is 1.03. The number of hydrogen-bond acceptors (Lipinski definition) is 5. The minimum Gasteiger partial charge on any atom is -0.380 e. The van der Waals surface area contributed by atoms with Crippen LogP contribution in [0.15, 0.2) is 27.2 Å². The van der Waals surface area contributed by atoms with E-state index in [-0.39, 0.29) is 17.5 Å². The monoisotopic (exact) mass is 341 g/mol. The number of hydrogen-bond donors (Lipinski definition) is 2. The molecule has 0 atom stereocenters. The highest BCUT2D eigenvalue weighted by Crippen LogP contribution is 2.32. The molecule has 20 heavy (non-hydrogen) atoms. The molecule has 1 fully saturated rings. The number of aromatic nitrogens is 2. The summed E-state index contributed by atoms with van der Waals surface area (Å²) in [5, 5.41) is 17.5. The maximum absolute atomic E-state index is 13.3. The van der Waals surface area contributed by atoms with Gasteiger partial charge in [0, 0.05) is 10.0 Å². The predicted octanol–water partition coefficient (Wildman–Crippen LogP) is 2.21. The Hall–Kier alpha value is -1.31. The molecular weight excluding hydrogens is 329 g/mol. The lowest BCUT2D eigenvalue weighted by atomic mass is 9.92. The van der Waals surface area contributed by atoms with Crippen molar-refractivity contribution in [1.29, 1.82) is 0 Å². The smallest absolute Gasteiger partial charge is 0.259 e. The second-order valence-electron chi connectivity index (χ2n) is 4.83. The Balaban J connectivity index is 1.95. The van der Waals surface area contributed by atoms with Gasteiger partial charge in [-0.25, -0.2) is 4.39 Å². The zero-order valence-corrected chi connectivity index (χ0v) is 12.2. The molecule has 5 nitrogen and oxygen atoms in total. The number of piperidine rings is 1. The third kappa shape index (κ3) is 2.48. The second-order valence-corrected chi connectivity index (χ2v) is 5.68. The van der Waals surface area contributed by atoms with Crippen LogP contribution in [0.1, 0.15) is 18.7 Å². The van der Waals surface area contributed by atoms with Gasteiger partial charge in [0.1, 0.15) is 11.4 Å². The van der Waals surface area contributed by atoms with Crippen LogP contribution >= 0.6 is 15.9 Å². The minimum absolute atomic E-state index is 0.185. The summed E-state index contributed by atoms with van der Waals surface area (Å²) in [4.78, 5) is 4.23. The van der Waals surface area contributed by atoms with Gasteiger partial charge in [-0.15, -0.1) is 0 Å². The second kappa shape index (κ2) is 5.23. The van der Waals surface area contributed by atoms with Gasteiger partial charge >= 0.3 is 0 Å². The van der Waals surface area contributed by atoms with Crippen molar-refractivity contribution in [2.45, 2.75) is 18.4 Å². The summed E-state index contributed by atoms with van der Waals surface area (Å²) < 4.78 is 19.1. The summed E-state index contributed by atoms with van der Waals surface area (Å²) >= 11 is 3.33. The molecule has 2 heterocycles. The first kappa shape index (κ1) is 13.7. The summed E-state index contributed by atoms with van der Waals surface area (Å²) in [7, 11) is 0. The number of nitrogens with one attached hydrogen (secondary N) is 1. The molecule has 0 radical (unpaired) electrons. The number of aliphatic hydroxyl groups is 1. The maximum atomic E-state index is 13.3. The molecule has 1 saturated heterocycles. The van der Waals surface area contributed by atoms with E-state index in [1.54, 1.807) is 6.07 Å². The lowest BCUT2D eigenvalue weighted by molar-refractivity contribution is -0.0228. The van der Waals surface area contributed by atoms with E-state index in [0.29, 0.717) is 36.0 Å². The van der Waals surface area contributed by atoms with E-state index in [4.69, 9.17) is 4.52 Å². The fourth-order valence-electron chi connectivity index (χ4n) is 2.24. The number of halogens is 2. The number of rotatable bonds is 2. The van der Waals surface area contributed by atoms with Gasteiger partial charge in [0.15, 0.2) is 0 Å². The average Bonchev–Trinajstić information content (AvgIpc) is 2.93. The van der Waals surface area contributed by atoms with Crippen molar-refractivity contribution >= 4 is 15.9 Å². The van der Waals surface area contributed by atoms with Gasteiger partial charge in [-0.2, -0.15) is 4.98 Å². The molecule has 106 valence electrons. The van der Waals surface area contributed by atoms with Crippen molar-refractivity contribution in [2.75, 3.05) is 13.1 Å². The van der Waals surface area contributed by atoms with E-state index in [0.717, 1.165) is 0 Å². The maximum Gasteiger partial charge on any atom is 0.259 e. The molecular formula is C13H13BrFN3O2. The summed E-state index contributed by atoms with van der Waals surface area (Å²) in [5.41, 5.74) is -0.603. The summed E-state index contributed by atoms with van der Waals surface area (Å²) in [6.45, 7) is 1.38. The Morgan fingerprint density at radius 2 is 2.10 bits per heavy atom. The zero-order chi connectivity index (χ0) is 14.2. The van der Waals surface area contributed by atoms with Crippen LogP contribution in [-0.4, -0.2) is 28.3 Å². The van der Waals surface area contributed by atoms with Gasteiger partial charge < -0.3 is 14.9 Å². The summed E-state index contributed by atoms with van der Waals surface area (Å²) in [6, 6.07) is 4.25. The first-order valence-electron chi connectivity index (χ1n) is 6.31. The Bertz CT molecular complexity index is 626. The largest absolute Gasteiger partial charge is 0.380 e. The Labute approximate surface area is 123 Å². The molecule has 1 aromatic heterocycles. The van der Waals surface area contributed by atoms with E-state index in [1.165, 1.54) is 12.1 Å². The van der Waals surface area contributed by atoms with E-state index in [9.17, 15) is 9.50 Å². The van der Waals surface area contributed by atoms with Gasteiger partial charge in [0.2, 0.25) is 5.82 Å². The highest BCUT2D eigenvalue weighted by molar-refractivity contribution is 9.10. The van der Waals surface area contributed by atoms with Crippen molar-refractivity contribution in [2.24, 2.45) is 0 Å². The Morgan fingerprint density at radius 3 is 2.85 bits per heavy atom. The molecule has 0 unspecified atom stereocenters. The first-order chi connectivity index (χ1) is 9.58. The quantitative estimate of drug-likeness (QED) is 0.876. The van der Waals surface area contributed by atoms with E-state index in [1.807, 2.05) is 0 Å². The van der Waals surface area contributed by atoms with Crippen LogP contribution < -0.4 is 5.32 Å². The van der Waals surface area contributed by atoms with Crippen LogP contribution in [0.25, 0.3) is 11.4 Å². The SMILES string of the molecule is OC1(c2nc(-c3cc(F)ccc3Br)no2)CCNCC1. The highest BCUT2D eigenvalue weighted by atomic mass is 79.9. The van der Waals surface area contributed by atoms with Crippen LogP contribution in [0, 0.1) is 5.82 Å². The predicted molar refractivity (Wildman–Crippen MR) is 73.4 cm³/mol. The Kier molecular flexibility index (Phi) is 3.57. The molecule has 1 aromatic carbocycles. The van der Waals surface area contributed by atoms with Gasteiger partial charge in [-0.1, -0.05) is 21.1 Å². The van der Waals surface area contributed by atoms with E-state index >= 15 is 0 Å². The van der Waals surface area contributed by atoms with Crippen molar-refractivity contribution in [3.63, 3.8) is 0 Å². The number of benzene rings is 1. The fourth-order valence-corrected chi connectivity index (χ4v) is 2.67. The lowest BCUT2D eigenvalue weighted by Gasteiger charge is -2.28. The normalized spacial score (nSPS) is 18.1.